The van der Waals surface area contributed by atoms with Gasteiger partial charge in [-0.3, -0.25) is 4.90 Å². The molecule has 9 heteroatoms. The fourth-order valence-electron chi connectivity index (χ4n) is 2.81. The van der Waals surface area contributed by atoms with E-state index < -0.39 is 24.3 Å². The number of carbonyl (C=O) groups excluding carboxylic acids is 3. The second kappa shape index (κ2) is 7.39. The van der Waals surface area contributed by atoms with Crippen LogP contribution in [0.15, 0.2) is 24.3 Å². The summed E-state index contributed by atoms with van der Waals surface area (Å²) in [4.78, 5) is 37.7. The number of nitrogens with zero attached hydrogens (tertiary/aromatic N) is 2. The normalized spacial score (nSPS) is 20.8. The van der Waals surface area contributed by atoms with Crippen LogP contribution in [0.25, 0.3) is 0 Å². The Morgan fingerprint density at radius 1 is 1.12 bits per heavy atom. The minimum Gasteiger partial charge on any atom is -0.432 e. The summed E-state index contributed by atoms with van der Waals surface area (Å²) >= 11 is 0. The average molecular weight is 349 g/mol. The van der Waals surface area contributed by atoms with Crippen LogP contribution in [-0.4, -0.2) is 57.1 Å². The van der Waals surface area contributed by atoms with Gasteiger partial charge in [0.05, 0.1) is 13.2 Å². The van der Waals surface area contributed by atoms with Crippen molar-refractivity contribution < 1.29 is 28.6 Å². The third kappa shape index (κ3) is 4.00. The number of ether oxygens (including phenoxy) is 3. The van der Waals surface area contributed by atoms with Crippen LogP contribution in [0.4, 0.5) is 21.0 Å². The van der Waals surface area contributed by atoms with Crippen molar-refractivity contribution in [1.82, 2.24) is 0 Å². The van der Waals surface area contributed by atoms with Crippen molar-refractivity contribution in [1.29, 1.82) is 0 Å². The Bertz CT molecular complexity index is 654. The molecule has 2 aliphatic rings. The first-order chi connectivity index (χ1) is 12.0. The Kier molecular flexibility index (Phi) is 5.03. The van der Waals surface area contributed by atoms with Gasteiger partial charge in [-0.05, 0) is 30.7 Å². The molecule has 25 heavy (non-hydrogen) atoms. The number of cyclic esters (lactones) is 1. The van der Waals surface area contributed by atoms with E-state index in [9.17, 15) is 14.4 Å². The third-order valence-electron chi connectivity index (χ3n) is 4.02. The summed E-state index contributed by atoms with van der Waals surface area (Å²) in [6.45, 7) is 3.13. The Morgan fingerprint density at radius 3 is 2.56 bits per heavy atom. The van der Waals surface area contributed by atoms with Crippen LogP contribution in [-0.2, 0) is 19.0 Å². The zero-order valence-corrected chi connectivity index (χ0v) is 13.6. The van der Waals surface area contributed by atoms with Gasteiger partial charge in [-0.25, -0.2) is 14.4 Å². The molecule has 2 N–H and O–H groups in total. The van der Waals surface area contributed by atoms with Crippen molar-refractivity contribution in [2.75, 3.05) is 42.6 Å². The average Bonchev–Trinajstić information content (AvgIpc) is 2.80. The van der Waals surface area contributed by atoms with E-state index in [0.717, 1.165) is 31.8 Å². The lowest BCUT2D eigenvalue weighted by Gasteiger charge is -2.22. The minimum absolute atomic E-state index is 0.0398. The van der Waals surface area contributed by atoms with Crippen LogP contribution < -0.4 is 15.5 Å². The smallest absolute Gasteiger partial charge is 0.415 e. The van der Waals surface area contributed by atoms with Crippen molar-refractivity contribution in [3.8, 4) is 0 Å². The largest absolute Gasteiger partial charge is 0.432 e. The lowest BCUT2D eigenvalue weighted by molar-refractivity contribution is -0.144. The number of carbonyl (C=O) groups is 3. The highest BCUT2D eigenvalue weighted by molar-refractivity contribution is 5.96. The molecule has 0 bridgehead atoms. The van der Waals surface area contributed by atoms with Gasteiger partial charge in [0.25, 0.3) is 0 Å². The fraction of sp³-hybridized carbons (Fsp3) is 0.438. The maximum Gasteiger partial charge on any atom is 0.415 e. The summed E-state index contributed by atoms with van der Waals surface area (Å²) in [5.41, 5.74) is 6.42. The molecule has 2 amide bonds. The van der Waals surface area contributed by atoms with Gasteiger partial charge >= 0.3 is 18.2 Å². The summed E-state index contributed by atoms with van der Waals surface area (Å²) < 4.78 is 14.6. The SMILES string of the molecule is NC(=O)OC(=O)C1CN(c2ccc(N3CCCOCC3)cc2)C(=O)O1. The maximum atomic E-state index is 12.0. The molecule has 0 radical (unpaired) electrons. The molecule has 1 aromatic rings. The Labute approximate surface area is 144 Å². The predicted octanol–water partition coefficient (Wildman–Crippen LogP) is 0.860. The highest BCUT2D eigenvalue weighted by Gasteiger charge is 2.38. The Morgan fingerprint density at radius 2 is 1.84 bits per heavy atom. The van der Waals surface area contributed by atoms with Gasteiger partial charge < -0.3 is 24.8 Å². The second-order valence-corrected chi connectivity index (χ2v) is 5.69. The standard InChI is InChI=1S/C16H19N3O6/c17-15(21)25-14(20)13-10-19(16(22)24-13)12-4-2-11(3-5-12)18-6-1-8-23-9-7-18/h2-5,13H,1,6-10H2,(H2,17,21). The molecule has 134 valence electrons. The van der Waals surface area contributed by atoms with Gasteiger partial charge in [-0.15, -0.1) is 0 Å². The van der Waals surface area contributed by atoms with Gasteiger partial charge in [0, 0.05) is 31.1 Å². The van der Waals surface area contributed by atoms with Crippen molar-refractivity contribution in [2.24, 2.45) is 5.73 Å². The van der Waals surface area contributed by atoms with E-state index >= 15 is 0 Å². The Balaban J connectivity index is 1.66. The lowest BCUT2D eigenvalue weighted by Crippen LogP contribution is -2.32. The van der Waals surface area contributed by atoms with Crippen molar-refractivity contribution in [2.45, 2.75) is 12.5 Å². The van der Waals surface area contributed by atoms with Gasteiger partial charge in [0.2, 0.25) is 6.10 Å². The van der Waals surface area contributed by atoms with E-state index in [4.69, 9.17) is 15.2 Å². The highest BCUT2D eigenvalue weighted by Crippen LogP contribution is 2.25. The molecule has 1 aromatic carbocycles. The number of esters is 1. The first kappa shape index (κ1) is 17.0. The van der Waals surface area contributed by atoms with Crippen LogP contribution in [0.1, 0.15) is 6.42 Å². The fourth-order valence-corrected chi connectivity index (χ4v) is 2.81. The van der Waals surface area contributed by atoms with Gasteiger partial charge in [0.15, 0.2) is 0 Å². The summed E-state index contributed by atoms with van der Waals surface area (Å²) in [6, 6.07) is 7.38. The van der Waals surface area contributed by atoms with Crippen LogP contribution >= 0.6 is 0 Å². The van der Waals surface area contributed by atoms with Crippen LogP contribution in [0, 0.1) is 0 Å². The van der Waals surface area contributed by atoms with Crippen LogP contribution in [0.5, 0.6) is 0 Å². The highest BCUT2D eigenvalue weighted by atomic mass is 16.6. The van der Waals surface area contributed by atoms with Crippen molar-refractivity contribution >= 4 is 29.5 Å². The van der Waals surface area contributed by atoms with E-state index in [1.54, 1.807) is 12.1 Å². The molecule has 2 aliphatic heterocycles. The van der Waals surface area contributed by atoms with E-state index in [0.29, 0.717) is 12.3 Å². The van der Waals surface area contributed by atoms with E-state index in [1.807, 2.05) is 12.1 Å². The summed E-state index contributed by atoms with van der Waals surface area (Å²) in [6.07, 6.45) is -2.13. The third-order valence-corrected chi connectivity index (χ3v) is 4.02. The predicted molar refractivity (Wildman–Crippen MR) is 87.4 cm³/mol. The molecule has 2 fully saturated rings. The molecule has 2 saturated heterocycles. The van der Waals surface area contributed by atoms with Crippen LogP contribution in [0.3, 0.4) is 0 Å². The first-order valence-electron chi connectivity index (χ1n) is 7.96. The minimum atomic E-state index is -1.23. The first-order valence-corrected chi connectivity index (χ1v) is 7.96. The molecule has 9 nitrogen and oxygen atoms in total. The maximum absolute atomic E-state index is 12.0. The Hall–Kier alpha value is -2.81. The number of anilines is 2. The molecule has 2 heterocycles. The zero-order valence-electron chi connectivity index (χ0n) is 13.6. The molecule has 0 aliphatic carbocycles. The number of primary amides is 1. The molecular weight excluding hydrogens is 330 g/mol. The number of benzene rings is 1. The lowest BCUT2D eigenvalue weighted by atomic mass is 10.2. The molecular formula is C16H19N3O6. The van der Waals surface area contributed by atoms with Crippen LogP contribution in [0.2, 0.25) is 0 Å². The number of rotatable bonds is 3. The van der Waals surface area contributed by atoms with E-state index in [2.05, 4.69) is 9.64 Å². The molecule has 0 aromatic heterocycles. The number of nitrogens with two attached hydrogens (primary N) is 1. The quantitative estimate of drug-likeness (QED) is 0.636. The van der Waals surface area contributed by atoms with E-state index in [1.165, 1.54) is 4.90 Å². The zero-order chi connectivity index (χ0) is 17.8. The monoisotopic (exact) mass is 349 g/mol. The summed E-state index contributed by atoms with van der Waals surface area (Å²) in [5.74, 6) is -0.982. The van der Waals surface area contributed by atoms with Crippen molar-refractivity contribution in [3.05, 3.63) is 24.3 Å². The van der Waals surface area contributed by atoms with Gasteiger partial charge in [-0.1, -0.05) is 0 Å². The van der Waals surface area contributed by atoms with E-state index in [-0.39, 0.29) is 6.54 Å². The molecule has 1 unspecified atom stereocenters. The van der Waals surface area contributed by atoms with Gasteiger partial charge in [-0.2, -0.15) is 0 Å². The number of hydrogen-bond donors (Lipinski definition) is 1. The number of hydrogen-bond acceptors (Lipinski definition) is 7. The topological polar surface area (TPSA) is 111 Å². The summed E-state index contributed by atoms with van der Waals surface area (Å²) in [5, 5.41) is 0. The molecule has 0 spiro atoms. The molecule has 1 atom stereocenters. The molecule has 0 saturated carbocycles. The second-order valence-electron chi connectivity index (χ2n) is 5.69. The number of amides is 2. The van der Waals surface area contributed by atoms with Gasteiger partial charge in [0.1, 0.15) is 0 Å². The van der Waals surface area contributed by atoms with Crippen molar-refractivity contribution in [3.63, 3.8) is 0 Å². The summed E-state index contributed by atoms with van der Waals surface area (Å²) in [7, 11) is 0. The molecule has 3 rings (SSSR count).